The molecule has 0 aliphatic heterocycles. The Kier molecular flexibility index (Phi) is 6.14. The number of nitrogens with one attached hydrogen (secondary N) is 1. The number of hydrogen-bond donors (Lipinski definition) is 2. The zero-order valence-electron chi connectivity index (χ0n) is 10.6. The van der Waals surface area contributed by atoms with Gasteiger partial charge in [0.25, 0.3) is 5.56 Å². The highest BCUT2D eigenvalue weighted by molar-refractivity contribution is 5.75. The number of pyridine rings is 1. The summed E-state index contributed by atoms with van der Waals surface area (Å²) in [6, 6.07) is 4.88. The Labute approximate surface area is 106 Å². The van der Waals surface area contributed by atoms with Crippen molar-refractivity contribution < 1.29 is 9.90 Å². The van der Waals surface area contributed by atoms with Gasteiger partial charge in [0.15, 0.2) is 0 Å². The van der Waals surface area contributed by atoms with Gasteiger partial charge in [-0.2, -0.15) is 0 Å². The van der Waals surface area contributed by atoms with Gasteiger partial charge in [-0.15, -0.1) is 0 Å². The Morgan fingerprint density at radius 3 is 2.94 bits per heavy atom. The highest BCUT2D eigenvalue weighted by Gasteiger charge is 2.06. The van der Waals surface area contributed by atoms with E-state index in [1.807, 2.05) is 6.92 Å². The van der Waals surface area contributed by atoms with Crippen molar-refractivity contribution in [2.75, 3.05) is 6.54 Å². The molecule has 1 atom stereocenters. The lowest BCUT2D eigenvalue weighted by Crippen LogP contribution is -2.33. The van der Waals surface area contributed by atoms with E-state index in [9.17, 15) is 14.7 Å². The van der Waals surface area contributed by atoms with E-state index in [1.165, 1.54) is 10.6 Å². The lowest BCUT2D eigenvalue weighted by molar-refractivity contribution is -0.121. The van der Waals surface area contributed by atoms with Gasteiger partial charge in [-0.3, -0.25) is 9.59 Å². The van der Waals surface area contributed by atoms with Crippen molar-refractivity contribution in [3.05, 3.63) is 34.7 Å². The van der Waals surface area contributed by atoms with Gasteiger partial charge in [0.1, 0.15) is 0 Å². The van der Waals surface area contributed by atoms with E-state index < -0.39 is 6.10 Å². The molecule has 1 rings (SSSR count). The van der Waals surface area contributed by atoms with Gasteiger partial charge in [0.05, 0.1) is 6.10 Å². The molecule has 0 radical (unpaired) electrons. The van der Waals surface area contributed by atoms with Crippen molar-refractivity contribution in [2.45, 2.75) is 38.8 Å². The predicted octanol–water partition coefficient (Wildman–Crippen LogP) is 0.516. The van der Waals surface area contributed by atoms with Crippen molar-refractivity contribution in [2.24, 2.45) is 0 Å². The molecule has 0 aliphatic rings. The summed E-state index contributed by atoms with van der Waals surface area (Å²) < 4.78 is 1.49. The molecular weight excluding hydrogens is 232 g/mol. The molecule has 1 aromatic heterocycles. The highest BCUT2D eigenvalue weighted by atomic mass is 16.3. The average Bonchev–Trinajstić information content (AvgIpc) is 2.36. The van der Waals surface area contributed by atoms with Crippen LogP contribution in [-0.4, -0.2) is 28.2 Å². The molecule has 0 aliphatic carbocycles. The Morgan fingerprint density at radius 2 is 2.28 bits per heavy atom. The smallest absolute Gasteiger partial charge is 0.250 e. The van der Waals surface area contributed by atoms with Crippen molar-refractivity contribution in [1.29, 1.82) is 0 Å². The van der Waals surface area contributed by atoms with Gasteiger partial charge in [0.2, 0.25) is 5.91 Å². The molecule has 0 saturated heterocycles. The topological polar surface area (TPSA) is 71.3 Å². The van der Waals surface area contributed by atoms with Crippen molar-refractivity contribution in [3.8, 4) is 0 Å². The van der Waals surface area contributed by atoms with Gasteiger partial charge in [0, 0.05) is 31.8 Å². The molecular formula is C13H20N2O3. The first-order chi connectivity index (χ1) is 8.63. The number of aryl methyl sites for hydroxylation is 1. The number of rotatable bonds is 7. The Balaban J connectivity index is 2.29. The Morgan fingerprint density at radius 1 is 1.50 bits per heavy atom. The number of aliphatic hydroxyl groups is 1. The van der Waals surface area contributed by atoms with Crippen LogP contribution in [0, 0.1) is 0 Å². The normalized spacial score (nSPS) is 12.1. The average molecular weight is 252 g/mol. The summed E-state index contributed by atoms with van der Waals surface area (Å²) in [7, 11) is 0. The maximum atomic E-state index is 11.5. The molecule has 5 nitrogen and oxygen atoms in total. The van der Waals surface area contributed by atoms with E-state index in [2.05, 4.69) is 5.32 Å². The molecule has 0 aromatic carbocycles. The lowest BCUT2D eigenvalue weighted by Gasteiger charge is -2.11. The molecule has 0 fully saturated rings. The molecule has 0 bridgehead atoms. The van der Waals surface area contributed by atoms with Crippen LogP contribution in [0.4, 0.5) is 0 Å². The van der Waals surface area contributed by atoms with Crippen molar-refractivity contribution in [3.63, 3.8) is 0 Å². The second kappa shape index (κ2) is 7.66. The molecule has 1 aromatic rings. The first kappa shape index (κ1) is 14.4. The Bertz CT molecular complexity index is 428. The molecule has 1 amide bonds. The predicted molar refractivity (Wildman–Crippen MR) is 69.2 cm³/mol. The van der Waals surface area contributed by atoms with Crippen molar-refractivity contribution in [1.82, 2.24) is 9.88 Å². The third kappa shape index (κ3) is 5.14. The third-order valence-electron chi connectivity index (χ3n) is 2.64. The van der Waals surface area contributed by atoms with Crippen LogP contribution in [0.5, 0.6) is 0 Å². The maximum absolute atomic E-state index is 11.5. The zero-order valence-corrected chi connectivity index (χ0v) is 10.6. The summed E-state index contributed by atoms with van der Waals surface area (Å²) in [5.74, 6) is -0.152. The molecule has 100 valence electrons. The van der Waals surface area contributed by atoms with Gasteiger partial charge in [-0.25, -0.2) is 0 Å². The van der Waals surface area contributed by atoms with Crippen LogP contribution in [0.2, 0.25) is 0 Å². The summed E-state index contributed by atoms with van der Waals surface area (Å²) in [6.07, 6.45) is 2.97. The SMILES string of the molecule is CCCC(O)CNC(=O)CCn1ccccc1=O. The van der Waals surface area contributed by atoms with Crippen LogP contribution >= 0.6 is 0 Å². The van der Waals surface area contributed by atoms with Crippen LogP contribution in [0.25, 0.3) is 0 Å². The fourth-order valence-corrected chi connectivity index (χ4v) is 1.62. The van der Waals surface area contributed by atoms with E-state index in [0.29, 0.717) is 13.0 Å². The molecule has 2 N–H and O–H groups in total. The van der Waals surface area contributed by atoms with Crippen LogP contribution in [0.15, 0.2) is 29.2 Å². The van der Waals surface area contributed by atoms with E-state index in [4.69, 9.17) is 0 Å². The van der Waals surface area contributed by atoms with Crippen LogP contribution in [0.1, 0.15) is 26.2 Å². The molecule has 0 saturated carbocycles. The fourth-order valence-electron chi connectivity index (χ4n) is 1.62. The first-order valence-corrected chi connectivity index (χ1v) is 6.23. The molecule has 18 heavy (non-hydrogen) atoms. The summed E-state index contributed by atoms with van der Waals surface area (Å²) in [4.78, 5) is 22.9. The zero-order chi connectivity index (χ0) is 13.4. The van der Waals surface area contributed by atoms with Gasteiger partial charge >= 0.3 is 0 Å². The highest BCUT2D eigenvalue weighted by Crippen LogP contribution is 1.94. The lowest BCUT2D eigenvalue weighted by atomic mass is 10.2. The molecule has 5 heteroatoms. The number of amides is 1. The van der Waals surface area contributed by atoms with Crippen LogP contribution in [0.3, 0.4) is 0 Å². The Hall–Kier alpha value is -1.62. The quantitative estimate of drug-likeness (QED) is 0.743. The van der Waals surface area contributed by atoms with E-state index in [0.717, 1.165) is 6.42 Å². The summed E-state index contributed by atoms with van der Waals surface area (Å²) in [5, 5.41) is 12.1. The molecule has 0 spiro atoms. The standard InChI is InChI=1S/C13H20N2O3/c1-2-5-11(16)10-14-12(17)7-9-15-8-4-3-6-13(15)18/h3-4,6,8,11,16H,2,5,7,9-10H2,1H3,(H,14,17). The minimum absolute atomic E-state index is 0.115. The van der Waals surface area contributed by atoms with Gasteiger partial charge in [-0.1, -0.05) is 19.4 Å². The van der Waals surface area contributed by atoms with E-state index in [1.54, 1.807) is 18.3 Å². The summed E-state index contributed by atoms with van der Waals surface area (Å²) in [6.45, 7) is 2.61. The van der Waals surface area contributed by atoms with E-state index >= 15 is 0 Å². The largest absolute Gasteiger partial charge is 0.391 e. The summed E-state index contributed by atoms with van der Waals surface area (Å²) >= 11 is 0. The van der Waals surface area contributed by atoms with Crippen LogP contribution < -0.4 is 10.9 Å². The van der Waals surface area contributed by atoms with E-state index in [-0.39, 0.29) is 24.4 Å². The second-order valence-electron chi connectivity index (χ2n) is 4.23. The van der Waals surface area contributed by atoms with Gasteiger partial charge < -0.3 is 15.0 Å². The number of carbonyl (C=O) groups excluding carboxylic acids is 1. The minimum atomic E-state index is -0.488. The summed E-state index contributed by atoms with van der Waals surface area (Å²) in [5.41, 5.74) is -0.115. The molecule has 1 heterocycles. The maximum Gasteiger partial charge on any atom is 0.250 e. The van der Waals surface area contributed by atoms with Crippen LogP contribution in [-0.2, 0) is 11.3 Å². The number of aromatic nitrogens is 1. The monoisotopic (exact) mass is 252 g/mol. The minimum Gasteiger partial charge on any atom is -0.391 e. The molecule has 1 unspecified atom stereocenters. The number of carbonyl (C=O) groups is 1. The third-order valence-corrected chi connectivity index (χ3v) is 2.64. The number of aliphatic hydroxyl groups excluding tert-OH is 1. The first-order valence-electron chi connectivity index (χ1n) is 6.23. The number of hydrogen-bond acceptors (Lipinski definition) is 3. The van der Waals surface area contributed by atoms with Gasteiger partial charge in [-0.05, 0) is 12.5 Å². The van der Waals surface area contributed by atoms with Crippen molar-refractivity contribution >= 4 is 5.91 Å². The fraction of sp³-hybridized carbons (Fsp3) is 0.538. The second-order valence-corrected chi connectivity index (χ2v) is 4.23. The number of nitrogens with zero attached hydrogens (tertiary/aromatic N) is 1.